The van der Waals surface area contributed by atoms with Gasteiger partial charge in [-0.25, -0.2) is 9.97 Å². The number of aromatic nitrogens is 3. The van der Waals surface area contributed by atoms with Crippen LogP contribution in [-0.4, -0.2) is 14.5 Å². The highest BCUT2D eigenvalue weighted by Crippen LogP contribution is 2.32. The fraction of sp³-hybridized carbons (Fsp3) is 0.176. The zero-order chi connectivity index (χ0) is 14.2. The van der Waals surface area contributed by atoms with E-state index in [9.17, 15) is 0 Å². The molecule has 0 unspecified atom stereocenters. The molecule has 104 valence electrons. The summed E-state index contributed by atoms with van der Waals surface area (Å²) in [4.78, 5) is 9.17. The van der Waals surface area contributed by atoms with Crippen molar-refractivity contribution in [1.82, 2.24) is 14.5 Å². The standard InChI is InChI=1S/C17H16N4/c1-21-10-13-8-7-12-9-18-17(20-16(12)15(13)11-21)19-14-5-3-2-4-6-14/h2-6,9-11H,7-8H2,1H3,(H,18,19,20). The van der Waals surface area contributed by atoms with Gasteiger partial charge in [0.2, 0.25) is 5.95 Å². The van der Waals surface area contributed by atoms with Crippen LogP contribution >= 0.6 is 0 Å². The maximum atomic E-state index is 4.73. The fourth-order valence-electron chi connectivity index (χ4n) is 2.85. The molecule has 1 N–H and O–H groups in total. The number of hydrogen-bond donors (Lipinski definition) is 1. The smallest absolute Gasteiger partial charge is 0.227 e. The average molecular weight is 276 g/mol. The molecule has 1 aromatic carbocycles. The third-order valence-corrected chi connectivity index (χ3v) is 3.85. The molecule has 21 heavy (non-hydrogen) atoms. The lowest BCUT2D eigenvalue weighted by Crippen LogP contribution is -2.07. The van der Waals surface area contributed by atoms with Gasteiger partial charge in [0, 0.05) is 36.9 Å². The molecule has 1 aliphatic rings. The topological polar surface area (TPSA) is 42.7 Å². The summed E-state index contributed by atoms with van der Waals surface area (Å²) in [5.41, 5.74) is 5.89. The van der Waals surface area contributed by atoms with E-state index in [1.807, 2.05) is 36.5 Å². The van der Waals surface area contributed by atoms with Gasteiger partial charge in [-0.1, -0.05) is 18.2 Å². The Bertz CT molecular complexity index is 790. The number of benzene rings is 1. The Morgan fingerprint density at radius 1 is 1.05 bits per heavy atom. The van der Waals surface area contributed by atoms with E-state index in [4.69, 9.17) is 4.98 Å². The van der Waals surface area contributed by atoms with Crippen LogP contribution in [0.15, 0.2) is 48.9 Å². The molecule has 1 aliphatic carbocycles. The Balaban J connectivity index is 1.74. The van der Waals surface area contributed by atoms with E-state index in [2.05, 4.69) is 34.3 Å². The van der Waals surface area contributed by atoms with Gasteiger partial charge in [0.15, 0.2) is 0 Å². The zero-order valence-corrected chi connectivity index (χ0v) is 11.9. The lowest BCUT2D eigenvalue weighted by atomic mass is 9.93. The maximum absolute atomic E-state index is 4.73. The summed E-state index contributed by atoms with van der Waals surface area (Å²) >= 11 is 0. The Labute approximate surface area is 123 Å². The highest BCUT2D eigenvalue weighted by Gasteiger charge is 2.20. The van der Waals surface area contributed by atoms with E-state index in [1.54, 1.807) is 0 Å². The summed E-state index contributed by atoms with van der Waals surface area (Å²) < 4.78 is 2.10. The Morgan fingerprint density at radius 3 is 2.71 bits per heavy atom. The number of aryl methyl sites for hydroxylation is 3. The minimum absolute atomic E-state index is 0.650. The minimum atomic E-state index is 0.650. The molecule has 4 rings (SSSR count). The van der Waals surface area contributed by atoms with Crippen LogP contribution in [-0.2, 0) is 19.9 Å². The van der Waals surface area contributed by atoms with Crippen LogP contribution < -0.4 is 5.32 Å². The van der Waals surface area contributed by atoms with Crippen LogP contribution in [0, 0.1) is 0 Å². The Hall–Kier alpha value is -2.62. The molecule has 2 aromatic heterocycles. The number of fused-ring (bicyclic) bond motifs is 3. The minimum Gasteiger partial charge on any atom is -0.356 e. The molecule has 0 saturated heterocycles. The van der Waals surface area contributed by atoms with E-state index in [-0.39, 0.29) is 0 Å². The summed E-state index contributed by atoms with van der Waals surface area (Å²) in [6.07, 6.45) is 8.36. The van der Waals surface area contributed by atoms with Crippen molar-refractivity contribution < 1.29 is 0 Å². The first-order chi connectivity index (χ1) is 10.3. The van der Waals surface area contributed by atoms with Crippen molar-refractivity contribution in [3.05, 3.63) is 60.0 Å². The lowest BCUT2D eigenvalue weighted by molar-refractivity contribution is 0.896. The van der Waals surface area contributed by atoms with Gasteiger partial charge < -0.3 is 9.88 Å². The van der Waals surface area contributed by atoms with Crippen molar-refractivity contribution in [2.75, 3.05) is 5.32 Å². The molecule has 4 heteroatoms. The first-order valence-electron chi connectivity index (χ1n) is 7.13. The molecular formula is C17H16N4. The number of nitrogens with one attached hydrogen (secondary N) is 1. The largest absolute Gasteiger partial charge is 0.356 e. The zero-order valence-electron chi connectivity index (χ0n) is 11.9. The number of rotatable bonds is 2. The molecule has 3 aromatic rings. The molecule has 2 heterocycles. The quantitative estimate of drug-likeness (QED) is 0.780. The predicted octanol–water partition coefficient (Wildman–Crippen LogP) is 3.32. The number of hydrogen-bond acceptors (Lipinski definition) is 3. The van der Waals surface area contributed by atoms with E-state index >= 15 is 0 Å². The maximum Gasteiger partial charge on any atom is 0.227 e. The van der Waals surface area contributed by atoms with Crippen LogP contribution in [0.4, 0.5) is 11.6 Å². The van der Waals surface area contributed by atoms with Crippen molar-refractivity contribution in [3.8, 4) is 11.3 Å². The van der Waals surface area contributed by atoms with Crippen molar-refractivity contribution in [3.63, 3.8) is 0 Å². The van der Waals surface area contributed by atoms with Gasteiger partial charge in [0.05, 0.1) is 5.69 Å². The van der Waals surface area contributed by atoms with Crippen LogP contribution in [0.25, 0.3) is 11.3 Å². The van der Waals surface area contributed by atoms with E-state index in [0.29, 0.717) is 5.95 Å². The predicted molar refractivity (Wildman–Crippen MR) is 83.6 cm³/mol. The molecule has 0 bridgehead atoms. The monoisotopic (exact) mass is 276 g/mol. The molecule has 0 amide bonds. The van der Waals surface area contributed by atoms with Gasteiger partial charge in [-0.15, -0.1) is 0 Å². The average Bonchev–Trinajstić information content (AvgIpc) is 2.89. The molecule has 0 saturated carbocycles. The highest BCUT2D eigenvalue weighted by atomic mass is 15.1. The second kappa shape index (κ2) is 4.74. The van der Waals surface area contributed by atoms with Gasteiger partial charge in [-0.05, 0) is 36.1 Å². The van der Waals surface area contributed by atoms with Gasteiger partial charge >= 0.3 is 0 Å². The number of anilines is 2. The summed E-state index contributed by atoms with van der Waals surface area (Å²) in [6, 6.07) is 10.0. The van der Waals surface area contributed by atoms with Crippen LogP contribution in [0.1, 0.15) is 11.1 Å². The number of para-hydroxylation sites is 1. The van der Waals surface area contributed by atoms with E-state index in [0.717, 1.165) is 24.2 Å². The van der Waals surface area contributed by atoms with Crippen LogP contribution in [0.2, 0.25) is 0 Å². The summed E-state index contributed by atoms with van der Waals surface area (Å²) in [6.45, 7) is 0. The first kappa shape index (κ1) is 12.1. The summed E-state index contributed by atoms with van der Waals surface area (Å²) in [7, 11) is 2.06. The normalized spacial score (nSPS) is 12.6. The van der Waals surface area contributed by atoms with Gasteiger partial charge in [0.1, 0.15) is 0 Å². The fourth-order valence-corrected chi connectivity index (χ4v) is 2.85. The Kier molecular flexibility index (Phi) is 2.74. The van der Waals surface area contributed by atoms with Crippen molar-refractivity contribution >= 4 is 11.6 Å². The summed E-state index contributed by atoms with van der Waals surface area (Å²) in [5, 5.41) is 3.26. The van der Waals surface area contributed by atoms with Gasteiger partial charge in [-0.2, -0.15) is 0 Å². The van der Waals surface area contributed by atoms with Crippen LogP contribution in [0.3, 0.4) is 0 Å². The van der Waals surface area contributed by atoms with E-state index in [1.165, 1.54) is 16.7 Å². The molecule has 0 radical (unpaired) electrons. The first-order valence-corrected chi connectivity index (χ1v) is 7.13. The molecule has 0 spiro atoms. The third kappa shape index (κ3) is 2.18. The molecule has 0 fully saturated rings. The van der Waals surface area contributed by atoms with Crippen molar-refractivity contribution in [2.24, 2.45) is 7.05 Å². The second-order valence-electron chi connectivity index (χ2n) is 5.42. The number of nitrogens with zero attached hydrogens (tertiary/aromatic N) is 3. The second-order valence-corrected chi connectivity index (χ2v) is 5.42. The van der Waals surface area contributed by atoms with E-state index < -0.39 is 0 Å². The lowest BCUT2D eigenvalue weighted by Gasteiger charge is -2.16. The summed E-state index contributed by atoms with van der Waals surface area (Å²) in [5.74, 6) is 0.650. The van der Waals surface area contributed by atoms with Crippen molar-refractivity contribution in [2.45, 2.75) is 12.8 Å². The Morgan fingerprint density at radius 2 is 1.86 bits per heavy atom. The molecule has 0 atom stereocenters. The van der Waals surface area contributed by atoms with Crippen molar-refractivity contribution in [1.29, 1.82) is 0 Å². The van der Waals surface area contributed by atoms with Crippen LogP contribution in [0.5, 0.6) is 0 Å². The molecular weight excluding hydrogens is 260 g/mol. The molecule has 0 aliphatic heterocycles. The van der Waals surface area contributed by atoms with Gasteiger partial charge in [-0.3, -0.25) is 0 Å². The van der Waals surface area contributed by atoms with Gasteiger partial charge in [0.25, 0.3) is 0 Å². The third-order valence-electron chi connectivity index (χ3n) is 3.85. The SMILES string of the molecule is Cn1cc2c(c1)-c1nc(Nc3ccccc3)ncc1CC2. The highest BCUT2D eigenvalue weighted by molar-refractivity contribution is 5.70. The molecule has 4 nitrogen and oxygen atoms in total.